The first-order valence-corrected chi connectivity index (χ1v) is 8.96. The van der Waals surface area contributed by atoms with Crippen molar-refractivity contribution >= 4 is 5.91 Å². The highest BCUT2D eigenvalue weighted by Crippen LogP contribution is 2.41. The van der Waals surface area contributed by atoms with Crippen molar-refractivity contribution in [3.05, 3.63) is 34.9 Å². The standard InChI is InChI=1S/C19H24N2O.ClH/c22-19-16-6-2-4-14-3-1-5-15(18(14)16)11-21(19)17-12-20-9-7-13(17)8-10-20;/h2,4,6,13,15,17H,1,3,5,7-12H2;1H/p-1. The summed E-state index contributed by atoms with van der Waals surface area (Å²) in [6.07, 6.45) is 6.27. The van der Waals surface area contributed by atoms with Gasteiger partial charge in [-0.3, -0.25) is 4.79 Å². The van der Waals surface area contributed by atoms with Gasteiger partial charge < -0.3 is 22.2 Å². The lowest BCUT2D eigenvalue weighted by Gasteiger charge is -2.51. The molecule has 0 saturated carbocycles. The van der Waals surface area contributed by atoms with E-state index in [1.807, 2.05) is 0 Å². The van der Waals surface area contributed by atoms with Gasteiger partial charge in [0.05, 0.1) is 0 Å². The van der Waals surface area contributed by atoms with Crippen LogP contribution in [0.3, 0.4) is 0 Å². The topological polar surface area (TPSA) is 23.6 Å². The fourth-order valence-corrected chi connectivity index (χ4v) is 5.41. The third-order valence-electron chi connectivity index (χ3n) is 6.53. The number of rotatable bonds is 1. The van der Waals surface area contributed by atoms with Crippen LogP contribution < -0.4 is 12.4 Å². The van der Waals surface area contributed by atoms with Crippen LogP contribution in [0.2, 0.25) is 0 Å². The normalized spacial score (nSPS) is 34.8. The third-order valence-corrected chi connectivity index (χ3v) is 6.53. The van der Waals surface area contributed by atoms with Crippen LogP contribution in [0, 0.1) is 5.92 Å². The van der Waals surface area contributed by atoms with E-state index < -0.39 is 0 Å². The van der Waals surface area contributed by atoms with E-state index in [1.54, 1.807) is 0 Å². The van der Waals surface area contributed by atoms with Crippen LogP contribution in [-0.2, 0) is 6.42 Å². The second-order valence-corrected chi connectivity index (χ2v) is 7.63. The first-order valence-electron chi connectivity index (χ1n) is 8.96. The third kappa shape index (κ3) is 2.32. The summed E-state index contributed by atoms with van der Waals surface area (Å²) in [6.45, 7) is 4.57. The Hall–Kier alpha value is -1.06. The van der Waals surface area contributed by atoms with Gasteiger partial charge in [0.15, 0.2) is 0 Å². The van der Waals surface area contributed by atoms with Gasteiger partial charge >= 0.3 is 0 Å². The number of carbonyl (C=O) groups is 1. The van der Waals surface area contributed by atoms with Gasteiger partial charge in [-0.2, -0.15) is 0 Å². The molecule has 2 unspecified atom stereocenters. The van der Waals surface area contributed by atoms with Gasteiger partial charge in [-0.05, 0) is 68.3 Å². The van der Waals surface area contributed by atoms with E-state index in [-0.39, 0.29) is 12.4 Å². The number of carbonyl (C=O) groups excluding carboxylic acids is 1. The van der Waals surface area contributed by atoms with E-state index >= 15 is 0 Å². The van der Waals surface area contributed by atoms with Gasteiger partial charge in [0.2, 0.25) is 0 Å². The van der Waals surface area contributed by atoms with Gasteiger partial charge in [-0.15, -0.1) is 0 Å². The monoisotopic (exact) mass is 331 g/mol. The molecule has 3 fully saturated rings. The van der Waals surface area contributed by atoms with Crippen molar-refractivity contribution in [2.24, 2.45) is 5.92 Å². The Morgan fingerprint density at radius 1 is 1.04 bits per heavy atom. The highest BCUT2D eigenvalue weighted by molar-refractivity contribution is 5.97. The van der Waals surface area contributed by atoms with Gasteiger partial charge in [-0.25, -0.2) is 0 Å². The largest absolute Gasteiger partial charge is 1.00 e. The predicted octanol–water partition coefficient (Wildman–Crippen LogP) is -0.339. The number of hydrogen-bond acceptors (Lipinski definition) is 2. The van der Waals surface area contributed by atoms with E-state index in [2.05, 4.69) is 28.0 Å². The number of benzene rings is 1. The number of halogens is 1. The molecule has 0 N–H and O–H groups in total. The molecule has 2 atom stereocenters. The lowest BCUT2D eigenvalue weighted by atomic mass is 9.75. The molecule has 0 spiro atoms. The highest BCUT2D eigenvalue weighted by atomic mass is 35.5. The van der Waals surface area contributed by atoms with Crippen molar-refractivity contribution < 1.29 is 17.2 Å². The molecule has 124 valence electrons. The summed E-state index contributed by atoms with van der Waals surface area (Å²) in [5.74, 6) is 1.64. The first kappa shape index (κ1) is 15.5. The minimum atomic E-state index is 0. The Labute approximate surface area is 144 Å². The molecule has 0 radical (unpaired) electrons. The maximum Gasteiger partial charge on any atom is 0.254 e. The van der Waals surface area contributed by atoms with Crippen molar-refractivity contribution in [2.45, 2.75) is 44.1 Å². The molecule has 2 bridgehead atoms. The van der Waals surface area contributed by atoms with Gasteiger partial charge in [0, 0.05) is 30.6 Å². The maximum absolute atomic E-state index is 13.1. The first-order chi connectivity index (χ1) is 10.8. The quantitative estimate of drug-likeness (QED) is 0.703. The summed E-state index contributed by atoms with van der Waals surface area (Å²) in [5.41, 5.74) is 3.86. The van der Waals surface area contributed by atoms with E-state index in [4.69, 9.17) is 0 Å². The summed E-state index contributed by atoms with van der Waals surface area (Å²) < 4.78 is 0. The van der Waals surface area contributed by atoms with Crippen molar-refractivity contribution in [3.8, 4) is 0 Å². The SMILES string of the molecule is O=C1c2cccc3c2C(CCC3)CN1C1CN2CCC1CC2.[Cl-]. The number of aryl methyl sites for hydroxylation is 1. The number of fused-ring (bicyclic) bond motifs is 3. The smallest absolute Gasteiger partial charge is 0.254 e. The predicted molar refractivity (Wildman–Crippen MR) is 86.1 cm³/mol. The Bertz CT molecular complexity index is 624. The highest BCUT2D eigenvalue weighted by Gasteiger charge is 2.43. The Morgan fingerprint density at radius 3 is 2.61 bits per heavy atom. The van der Waals surface area contributed by atoms with Gasteiger partial charge in [-0.1, -0.05) is 12.1 Å². The van der Waals surface area contributed by atoms with E-state index in [0.29, 0.717) is 17.9 Å². The van der Waals surface area contributed by atoms with Crippen molar-refractivity contribution in [2.75, 3.05) is 26.2 Å². The molecule has 4 aliphatic heterocycles. The zero-order valence-corrected chi connectivity index (χ0v) is 14.3. The summed E-state index contributed by atoms with van der Waals surface area (Å²) in [5, 5.41) is 0. The maximum atomic E-state index is 13.1. The average molecular weight is 332 g/mol. The van der Waals surface area contributed by atoms with E-state index in [0.717, 1.165) is 31.0 Å². The Morgan fingerprint density at radius 2 is 1.87 bits per heavy atom. The molecule has 0 aromatic heterocycles. The zero-order valence-electron chi connectivity index (χ0n) is 13.5. The number of amides is 1. The molecular formula is C19H24ClN2O-. The molecule has 23 heavy (non-hydrogen) atoms. The van der Waals surface area contributed by atoms with Crippen LogP contribution in [0.15, 0.2) is 18.2 Å². The van der Waals surface area contributed by atoms with Crippen LogP contribution in [0.1, 0.15) is 53.1 Å². The molecule has 5 aliphatic rings. The van der Waals surface area contributed by atoms with Crippen LogP contribution in [0.5, 0.6) is 0 Å². The minimum absolute atomic E-state index is 0. The van der Waals surface area contributed by atoms with E-state index in [9.17, 15) is 4.79 Å². The van der Waals surface area contributed by atoms with Crippen molar-refractivity contribution in [1.29, 1.82) is 0 Å². The molecule has 4 heterocycles. The summed E-state index contributed by atoms with van der Waals surface area (Å²) >= 11 is 0. The molecule has 4 heteroatoms. The fourth-order valence-electron chi connectivity index (χ4n) is 5.41. The fraction of sp³-hybridized carbons (Fsp3) is 0.632. The van der Waals surface area contributed by atoms with E-state index in [1.165, 1.54) is 49.9 Å². The van der Waals surface area contributed by atoms with Crippen molar-refractivity contribution in [3.63, 3.8) is 0 Å². The average Bonchev–Trinajstić information content (AvgIpc) is 2.59. The second kappa shape index (κ2) is 5.78. The van der Waals surface area contributed by atoms with Gasteiger partial charge in [0.25, 0.3) is 5.91 Å². The summed E-state index contributed by atoms with van der Waals surface area (Å²) in [4.78, 5) is 18.0. The minimum Gasteiger partial charge on any atom is -1.00 e. The molecule has 1 aromatic rings. The molecule has 3 nitrogen and oxygen atoms in total. The number of nitrogens with zero attached hydrogens (tertiary/aromatic N) is 2. The van der Waals surface area contributed by atoms with Crippen LogP contribution in [0.25, 0.3) is 0 Å². The van der Waals surface area contributed by atoms with Crippen LogP contribution in [-0.4, -0.2) is 47.9 Å². The Kier molecular flexibility index (Phi) is 3.89. The zero-order chi connectivity index (χ0) is 14.7. The Balaban J connectivity index is 0.00000135. The number of hydrogen-bond donors (Lipinski definition) is 0. The summed E-state index contributed by atoms with van der Waals surface area (Å²) in [7, 11) is 0. The molecule has 3 saturated heterocycles. The van der Waals surface area contributed by atoms with Crippen LogP contribution in [0.4, 0.5) is 0 Å². The van der Waals surface area contributed by atoms with Crippen LogP contribution >= 0.6 is 0 Å². The molecular weight excluding hydrogens is 308 g/mol. The lowest BCUT2D eigenvalue weighted by molar-refractivity contribution is -0.0000886. The molecule has 6 rings (SSSR count). The molecule has 1 aromatic carbocycles. The number of piperidine rings is 3. The summed E-state index contributed by atoms with van der Waals surface area (Å²) in [6, 6.07) is 6.87. The molecule has 1 aliphatic carbocycles. The van der Waals surface area contributed by atoms with Crippen molar-refractivity contribution in [1.82, 2.24) is 9.80 Å². The molecule has 1 amide bonds. The lowest BCUT2D eigenvalue weighted by Crippen LogP contribution is -3.00. The second-order valence-electron chi connectivity index (χ2n) is 7.63. The van der Waals surface area contributed by atoms with Gasteiger partial charge in [0.1, 0.15) is 0 Å².